The Morgan fingerprint density at radius 2 is 1.80 bits per heavy atom. The topological polar surface area (TPSA) is 20.3 Å². The highest BCUT2D eigenvalue weighted by Crippen LogP contribution is 2.30. The summed E-state index contributed by atoms with van der Waals surface area (Å²) in [6.45, 7) is 9.31. The Morgan fingerprint density at radius 3 is 2.25 bits per heavy atom. The van der Waals surface area contributed by atoms with E-state index < -0.39 is 0 Å². The molecule has 0 N–H and O–H groups in total. The summed E-state index contributed by atoms with van der Waals surface area (Å²) in [7, 11) is 0. The van der Waals surface area contributed by atoms with Crippen LogP contribution in [-0.4, -0.2) is 16.8 Å². The fraction of sp³-hybridized carbons (Fsp3) is 0.611. The number of hydrogen-bond donors (Lipinski definition) is 0. The van der Waals surface area contributed by atoms with E-state index in [-0.39, 0.29) is 5.92 Å². The van der Waals surface area contributed by atoms with Crippen LogP contribution in [0.3, 0.4) is 0 Å². The highest BCUT2D eigenvalue weighted by molar-refractivity contribution is 5.79. The molecule has 1 aliphatic rings. The molecule has 110 valence electrons. The maximum absolute atomic E-state index is 12.5. The monoisotopic (exact) mass is 273 g/mol. The smallest absolute Gasteiger partial charge is 0.225 e. The maximum atomic E-state index is 12.5. The van der Waals surface area contributed by atoms with Gasteiger partial charge in [0.1, 0.15) is 0 Å². The van der Waals surface area contributed by atoms with Gasteiger partial charge in [-0.2, -0.15) is 0 Å². The fourth-order valence-corrected chi connectivity index (χ4v) is 2.44. The molecule has 0 spiro atoms. The molecule has 0 heterocycles. The van der Waals surface area contributed by atoms with Gasteiger partial charge in [0.25, 0.3) is 0 Å². The Kier molecular flexibility index (Phi) is 4.85. The predicted octanol–water partition coefficient (Wildman–Crippen LogP) is 4.35. The van der Waals surface area contributed by atoms with Crippen molar-refractivity contribution >= 4 is 5.91 Å². The third-order valence-electron chi connectivity index (χ3n) is 4.30. The molecule has 1 aromatic rings. The van der Waals surface area contributed by atoms with Crippen LogP contribution in [0.15, 0.2) is 24.3 Å². The van der Waals surface area contributed by atoms with E-state index in [1.165, 1.54) is 24.0 Å². The lowest BCUT2D eigenvalue weighted by Gasteiger charge is -2.25. The molecule has 1 saturated carbocycles. The van der Waals surface area contributed by atoms with Crippen LogP contribution < -0.4 is 0 Å². The van der Waals surface area contributed by atoms with Crippen molar-refractivity contribution in [3.05, 3.63) is 35.4 Å². The summed E-state index contributed by atoms with van der Waals surface area (Å²) in [6, 6.07) is 9.22. The molecule has 2 rings (SSSR count). The van der Waals surface area contributed by atoms with Crippen molar-refractivity contribution in [2.24, 2.45) is 5.92 Å². The standard InChI is InChI=1S/C18H27NO/c1-5-14(4)18(20)19(17-10-11-17)12-15-6-8-16(9-7-15)13(2)3/h6-9,13-14,17H,5,10-12H2,1-4H3. The van der Waals surface area contributed by atoms with Crippen LogP contribution in [0.5, 0.6) is 0 Å². The minimum atomic E-state index is 0.144. The second-order valence-electron chi connectivity index (χ2n) is 6.40. The van der Waals surface area contributed by atoms with Gasteiger partial charge < -0.3 is 4.90 Å². The number of rotatable bonds is 6. The summed E-state index contributed by atoms with van der Waals surface area (Å²) in [4.78, 5) is 14.6. The first kappa shape index (κ1) is 15.1. The van der Waals surface area contributed by atoms with Crippen LogP contribution in [0, 0.1) is 5.92 Å². The van der Waals surface area contributed by atoms with Crippen LogP contribution >= 0.6 is 0 Å². The Bertz CT molecular complexity index is 445. The van der Waals surface area contributed by atoms with E-state index in [0.717, 1.165) is 13.0 Å². The minimum Gasteiger partial charge on any atom is -0.335 e. The average molecular weight is 273 g/mol. The van der Waals surface area contributed by atoms with E-state index in [1.54, 1.807) is 0 Å². The summed E-state index contributed by atoms with van der Waals surface area (Å²) >= 11 is 0. The molecule has 0 aromatic heterocycles. The third-order valence-corrected chi connectivity index (χ3v) is 4.30. The highest BCUT2D eigenvalue weighted by Gasteiger charge is 2.33. The maximum Gasteiger partial charge on any atom is 0.225 e. The molecule has 1 fully saturated rings. The van der Waals surface area contributed by atoms with Gasteiger partial charge in [0, 0.05) is 18.5 Å². The van der Waals surface area contributed by atoms with Gasteiger partial charge in [0.15, 0.2) is 0 Å². The number of amides is 1. The molecule has 2 heteroatoms. The van der Waals surface area contributed by atoms with E-state index in [1.807, 2.05) is 6.92 Å². The average Bonchev–Trinajstić information content (AvgIpc) is 3.28. The zero-order valence-corrected chi connectivity index (χ0v) is 13.2. The molecular weight excluding hydrogens is 246 g/mol. The summed E-state index contributed by atoms with van der Waals surface area (Å²) in [5.41, 5.74) is 2.61. The van der Waals surface area contributed by atoms with Crippen molar-refractivity contribution in [3.8, 4) is 0 Å². The van der Waals surface area contributed by atoms with Crippen LogP contribution in [0.4, 0.5) is 0 Å². The highest BCUT2D eigenvalue weighted by atomic mass is 16.2. The van der Waals surface area contributed by atoms with Crippen molar-refractivity contribution in [1.82, 2.24) is 4.90 Å². The summed E-state index contributed by atoms with van der Waals surface area (Å²) in [5.74, 6) is 1.03. The molecule has 0 saturated heterocycles. The van der Waals surface area contributed by atoms with Gasteiger partial charge in [0.05, 0.1) is 0 Å². The molecule has 1 unspecified atom stereocenters. The third kappa shape index (κ3) is 3.62. The number of carbonyl (C=O) groups excluding carboxylic acids is 1. The molecule has 1 aliphatic carbocycles. The van der Waals surface area contributed by atoms with Gasteiger partial charge in [-0.25, -0.2) is 0 Å². The first-order valence-corrected chi connectivity index (χ1v) is 7.92. The van der Waals surface area contributed by atoms with Gasteiger partial charge in [-0.05, 0) is 36.3 Å². The van der Waals surface area contributed by atoms with Crippen molar-refractivity contribution in [3.63, 3.8) is 0 Å². The number of benzene rings is 1. The van der Waals surface area contributed by atoms with Crippen molar-refractivity contribution in [2.75, 3.05) is 0 Å². The lowest BCUT2D eigenvalue weighted by Crippen LogP contribution is -2.36. The number of hydrogen-bond acceptors (Lipinski definition) is 1. The van der Waals surface area contributed by atoms with E-state index >= 15 is 0 Å². The largest absolute Gasteiger partial charge is 0.335 e. The van der Waals surface area contributed by atoms with Crippen molar-refractivity contribution < 1.29 is 4.79 Å². The van der Waals surface area contributed by atoms with Crippen LogP contribution in [-0.2, 0) is 11.3 Å². The lowest BCUT2D eigenvalue weighted by molar-refractivity contribution is -0.136. The van der Waals surface area contributed by atoms with Gasteiger partial charge in [-0.15, -0.1) is 0 Å². The Hall–Kier alpha value is -1.31. The summed E-state index contributed by atoms with van der Waals surface area (Å²) < 4.78 is 0. The van der Waals surface area contributed by atoms with Gasteiger partial charge in [0.2, 0.25) is 5.91 Å². The number of carbonyl (C=O) groups is 1. The molecule has 20 heavy (non-hydrogen) atoms. The SMILES string of the molecule is CCC(C)C(=O)N(Cc1ccc(C(C)C)cc1)C1CC1. The second-order valence-corrected chi connectivity index (χ2v) is 6.40. The van der Waals surface area contributed by atoms with Gasteiger partial charge >= 0.3 is 0 Å². The van der Waals surface area contributed by atoms with E-state index in [9.17, 15) is 4.79 Å². The number of nitrogens with zero attached hydrogens (tertiary/aromatic N) is 1. The second kappa shape index (κ2) is 6.43. The minimum absolute atomic E-state index is 0.144. The van der Waals surface area contributed by atoms with E-state index in [2.05, 4.69) is 49.9 Å². The van der Waals surface area contributed by atoms with Gasteiger partial charge in [-0.3, -0.25) is 4.79 Å². The quantitative estimate of drug-likeness (QED) is 0.754. The Balaban J connectivity index is 2.06. The molecule has 0 aliphatic heterocycles. The first-order valence-electron chi connectivity index (χ1n) is 7.92. The van der Waals surface area contributed by atoms with Crippen molar-refractivity contribution in [2.45, 2.75) is 65.5 Å². The zero-order chi connectivity index (χ0) is 14.7. The lowest BCUT2D eigenvalue weighted by atomic mass is 10.0. The molecule has 2 nitrogen and oxygen atoms in total. The fourth-order valence-electron chi connectivity index (χ4n) is 2.44. The van der Waals surface area contributed by atoms with Gasteiger partial charge in [-0.1, -0.05) is 52.0 Å². The van der Waals surface area contributed by atoms with E-state index in [4.69, 9.17) is 0 Å². The van der Waals surface area contributed by atoms with Crippen LogP contribution in [0.1, 0.15) is 64.0 Å². The van der Waals surface area contributed by atoms with Crippen molar-refractivity contribution in [1.29, 1.82) is 0 Å². The molecule has 0 bridgehead atoms. The first-order chi connectivity index (χ1) is 9.52. The molecule has 1 amide bonds. The summed E-state index contributed by atoms with van der Waals surface area (Å²) in [6.07, 6.45) is 3.27. The van der Waals surface area contributed by atoms with E-state index in [0.29, 0.717) is 17.9 Å². The van der Waals surface area contributed by atoms with Crippen LogP contribution in [0.25, 0.3) is 0 Å². The summed E-state index contributed by atoms with van der Waals surface area (Å²) in [5, 5.41) is 0. The Morgan fingerprint density at radius 1 is 1.20 bits per heavy atom. The molecule has 1 atom stereocenters. The van der Waals surface area contributed by atoms with Crippen LogP contribution in [0.2, 0.25) is 0 Å². The molecule has 1 aromatic carbocycles. The normalized spacial score (nSPS) is 16.2. The molecule has 0 radical (unpaired) electrons. The predicted molar refractivity (Wildman–Crippen MR) is 83.6 cm³/mol. The molecular formula is C18H27NO. The Labute approximate surface area is 123 Å². The zero-order valence-electron chi connectivity index (χ0n) is 13.2.